The van der Waals surface area contributed by atoms with Crippen LogP contribution < -0.4 is 16.2 Å². The molecule has 3 aromatic rings. The topological polar surface area (TPSA) is 96.0 Å². The van der Waals surface area contributed by atoms with Crippen molar-refractivity contribution in [2.24, 2.45) is 7.05 Å². The van der Waals surface area contributed by atoms with Crippen LogP contribution >= 0.6 is 0 Å². The lowest BCUT2D eigenvalue weighted by atomic mass is 10.1. The van der Waals surface area contributed by atoms with Crippen molar-refractivity contribution in [2.75, 3.05) is 0 Å². The summed E-state index contributed by atoms with van der Waals surface area (Å²) in [6.07, 6.45) is 1.65. The Balaban J connectivity index is 1.76. The molecule has 0 saturated carbocycles. The maximum Gasteiger partial charge on any atom is 0.269 e. The van der Waals surface area contributed by atoms with E-state index in [-0.39, 0.29) is 23.8 Å². The molecule has 0 aliphatic rings. The number of aryl methyl sites for hydroxylation is 2. The number of aromatic amines is 1. The van der Waals surface area contributed by atoms with Gasteiger partial charge in [-0.2, -0.15) is 0 Å². The van der Waals surface area contributed by atoms with Gasteiger partial charge in [-0.25, -0.2) is 0 Å². The highest BCUT2D eigenvalue weighted by Crippen LogP contribution is 2.06. The first-order valence-corrected chi connectivity index (χ1v) is 9.36. The van der Waals surface area contributed by atoms with Crippen molar-refractivity contribution in [1.29, 1.82) is 0 Å². The van der Waals surface area contributed by atoms with Gasteiger partial charge in [-0.1, -0.05) is 48.0 Å². The molecule has 0 aliphatic heterocycles. The fourth-order valence-corrected chi connectivity index (χ4v) is 3.02. The zero-order valence-electron chi connectivity index (χ0n) is 16.4. The van der Waals surface area contributed by atoms with Gasteiger partial charge in [0, 0.05) is 37.3 Å². The van der Waals surface area contributed by atoms with Crippen LogP contribution in [0.1, 0.15) is 27.0 Å². The van der Waals surface area contributed by atoms with Gasteiger partial charge in [0.25, 0.3) is 11.5 Å². The Morgan fingerprint density at radius 3 is 2.52 bits per heavy atom. The summed E-state index contributed by atoms with van der Waals surface area (Å²) in [5.41, 5.74) is 2.56. The fourth-order valence-electron chi connectivity index (χ4n) is 3.02. The summed E-state index contributed by atoms with van der Waals surface area (Å²) in [7, 11) is 1.60. The van der Waals surface area contributed by atoms with E-state index < -0.39 is 6.04 Å². The van der Waals surface area contributed by atoms with Gasteiger partial charge in [0.05, 0.1) is 0 Å². The third-order valence-corrected chi connectivity index (χ3v) is 4.65. The van der Waals surface area contributed by atoms with Gasteiger partial charge in [0.2, 0.25) is 5.91 Å². The minimum Gasteiger partial charge on any atom is -0.350 e. The minimum absolute atomic E-state index is 0.0916. The number of amides is 2. The number of H-pyrrole nitrogens is 1. The van der Waals surface area contributed by atoms with Crippen LogP contribution in [-0.2, 0) is 24.8 Å². The summed E-state index contributed by atoms with van der Waals surface area (Å²) in [5.74, 6) is -0.709. The highest BCUT2D eigenvalue weighted by Gasteiger charge is 2.23. The molecule has 1 heterocycles. The normalized spacial score (nSPS) is 11.7. The summed E-state index contributed by atoms with van der Waals surface area (Å²) in [6, 6.07) is 15.7. The SMILES string of the molecule is Cc1cccc(C(=O)NC(Cc2c[nH]n(C)c2=O)C(=O)NCc2ccccc2)c1. The zero-order chi connectivity index (χ0) is 20.8. The summed E-state index contributed by atoms with van der Waals surface area (Å²) in [5, 5.41) is 8.40. The van der Waals surface area contributed by atoms with E-state index in [4.69, 9.17) is 0 Å². The van der Waals surface area contributed by atoms with Crippen LogP contribution in [0.3, 0.4) is 0 Å². The van der Waals surface area contributed by atoms with Crippen molar-refractivity contribution >= 4 is 11.8 Å². The highest BCUT2D eigenvalue weighted by molar-refractivity contribution is 5.97. The summed E-state index contributed by atoms with van der Waals surface area (Å²) < 4.78 is 1.33. The van der Waals surface area contributed by atoms with E-state index in [1.54, 1.807) is 31.4 Å². The molecule has 0 saturated heterocycles. The lowest BCUT2D eigenvalue weighted by molar-refractivity contribution is -0.123. The Labute approximate surface area is 168 Å². The maximum absolute atomic E-state index is 12.8. The maximum atomic E-state index is 12.8. The second kappa shape index (κ2) is 9.05. The minimum atomic E-state index is -0.879. The van der Waals surface area contributed by atoms with Gasteiger partial charge in [0.15, 0.2) is 0 Å². The monoisotopic (exact) mass is 392 g/mol. The van der Waals surface area contributed by atoms with Gasteiger partial charge in [-0.3, -0.25) is 19.1 Å². The summed E-state index contributed by atoms with van der Waals surface area (Å²) >= 11 is 0. The number of hydrogen-bond donors (Lipinski definition) is 3. The van der Waals surface area contributed by atoms with Gasteiger partial charge in [-0.15, -0.1) is 0 Å². The second-order valence-electron chi connectivity index (χ2n) is 6.97. The molecule has 0 aliphatic carbocycles. The molecular formula is C22H24N4O3. The first-order valence-electron chi connectivity index (χ1n) is 9.36. The molecule has 2 aromatic carbocycles. The smallest absolute Gasteiger partial charge is 0.269 e. The molecule has 2 amide bonds. The van der Waals surface area contributed by atoms with E-state index in [1.807, 2.05) is 43.3 Å². The third-order valence-electron chi connectivity index (χ3n) is 4.65. The number of hydrogen-bond acceptors (Lipinski definition) is 3. The Hall–Kier alpha value is -3.61. The zero-order valence-corrected chi connectivity index (χ0v) is 16.4. The molecule has 0 bridgehead atoms. The lowest BCUT2D eigenvalue weighted by Crippen LogP contribution is -2.48. The fraction of sp³-hybridized carbons (Fsp3) is 0.227. The van der Waals surface area contributed by atoms with Crippen LogP contribution in [-0.4, -0.2) is 27.6 Å². The van der Waals surface area contributed by atoms with E-state index in [9.17, 15) is 14.4 Å². The second-order valence-corrected chi connectivity index (χ2v) is 6.97. The van der Waals surface area contributed by atoms with Crippen LogP contribution in [0.25, 0.3) is 0 Å². The number of rotatable bonds is 7. The van der Waals surface area contributed by atoms with Crippen LogP contribution in [0.2, 0.25) is 0 Å². The average Bonchev–Trinajstić information content (AvgIpc) is 3.04. The van der Waals surface area contributed by atoms with Crippen molar-refractivity contribution in [2.45, 2.75) is 25.9 Å². The largest absolute Gasteiger partial charge is 0.350 e. The van der Waals surface area contributed by atoms with Crippen molar-refractivity contribution in [3.05, 3.63) is 93.4 Å². The molecular weight excluding hydrogens is 368 g/mol. The molecule has 1 atom stereocenters. The molecule has 29 heavy (non-hydrogen) atoms. The van der Waals surface area contributed by atoms with Crippen molar-refractivity contribution in [3.8, 4) is 0 Å². The van der Waals surface area contributed by atoms with E-state index in [2.05, 4.69) is 15.7 Å². The van der Waals surface area contributed by atoms with E-state index >= 15 is 0 Å². The van der Waals surface area contributed by atoms with E-state index in [1.165, 1.54) is 4.68 Å². The van der Waals surface area contributed by atoms with Gasteiger partial charge < -0.3 is 15.7 Å². The van der Waals surface area contributed by atoms with Crippen molar-refractivity contribution in [3.63, 3.8) is 0 Å². The molecule has 3 rings (SSSR count). The first-order chi connectivity index (χ1) is 13.9. The number of nitrogens with one attached hydrogen (secondary N) is 3. The van der Waals surface area contributed by atoms with Gasteiger partial charge in [-0.05, 0) is 24.6 Å². The predicted molar refractivity (Wildman–Crippen MR) is 110 cm³/mol. The molecule has 150 valence electrons. The number of carbonyl (C=O) groups is 2. The third kappa shape index (κ3) is 5.22. The van der Waals surface area contributed by atoms with Gasteiger partial charge >= 0.3 is 0 Å². The molecule has 0 fully saturated rings. The number of carbonyl (C=O) groups excluding carboxylic acids is 2. The first kappa shape index (κ1) is 20.1. The van der Waals surface area contributed by atoms with Crippen molar-refractivity contribution in [1.82, 2.24) is 20.4 Å². The quantitative estimate of drug-likeness (QED) is 0.571. The predicted octanol–water partition coefficient (Wildman–Crippen LogP) is 1.68. The van der Waals surface area contributed by atoms with Crippen LogP contribution in [0.4, 0.5) is 0 Å². The Morgan fingerprint density at radius 2 is 1.86 bits per heavy atom. The number of benzene rings is 2. The molecule has 7 nitrogen and oxygen atoms in total. The number of aromatic nitrogens is 2. The van der Waals surface area contributed by atoms with Crippen LogP contribution in [0, 0.1) is 6.92 Å². The van der Waals surface area contributed by atoms with Gasteiger partial charge in [0.1, 0.15) is 6.04 Å². The van der Waals surface area contributed by atoms with Crippen LogP contribution in [0.15, 0.2) is 65.6 Å². The highest BCUT2D eigenvalue weighted by atomic mass is 16.2. The molecule has 7 heteroatoms. The van der Waals surface area contributed by atoms with Crippen molar-refractivity contribution < 1.29 is 9.59 Å². The van der Waals surface area contributed by atoms with E-state index in [0.717, 1.165) is 11.1 Å². The van der Waals surface area contributed by atoms with Crippen LogP contribution in [0.5, 0.6) is 0 Å². The Bertz CT molecular complexity index is 1050. The Kier molecular flexibility index (Phi) is 6.29. The molecule has 3 N–H and O–H groups in total. The molecule has 0 spiro atoms. The molecule has 1 unspecified atom stereocenters. The lowest BCUT2D eigenvalue weighted by Gasteiger charge is -2.18. The average molecular weight is 392 g/mol. The summed E-state index contributed by atoms with van der Waals surface area (Å²) in [6.45, 7) is 2.23. The summed E-state index contributed by atoms with van der Waals surface area (Å²) in [4.78, 5) is 37.7. The van der Waals surface area contributed by atoms with E-state index in [0.29, 0.717) is 17.7 Å². The molecule has 1 aromatic heterocycles. The molecule has 0 radical (unpaired) electrons. The Morgan fingerprint density at radius 1 is 1.10 bits per heavy atom. The number of nitrogens with zero attached hydrogens (tertiary/aromatic N) is 1. The standard InChI is InChI=1S/C22H24N4O3/c1-15-7-6-10-17(11-15)20(27)25-19(12-18-14-24-26(2)22(18)29)21(28)23-13-16-8-4-3-5-9-16/h3-11,14,19,24H,12-13H2,1-2H3,(H,23,28)(H,25,27).